The van der Waals surface area contributed by atoms with Crippen LogP contribution in [0.3, 0.4) is 0 Å². The number of hydrogen-bond donors (Lipinski definition) is 2. The quantitative estimate of drug-likeness (QED) is 0.144. The predicted molar refractivity (Wildman–Crippen MR) is 188 cm³/mol. The first-order chi connectivity index (χ1) is 23.1. The summed E-state index contributed by atoms with van der Waals surface area (Å²) in [7, 11) is 1.63. The molecular weight excluding hydrogens is 608 g/mol. The molecule has 2 heterocycles. The van der Waals surface area contributed by atoms with Gasteiger partial charge in [-0.3, -0.25) is 19.0 Å². The molecule has 0 saturated heterocycles. The van der Waals surface area contributed by atoms with Crippen LogP contribution >= 0.6 is 0 Å². The van der Waals surface area contributed by atoms with Gasteiger partial charge in [0.1, 0.15) is 11.1 Å². The highest BCUT2D eigenvalue weighted by Gasteiger charge is 2.27. The number of carbonyl (C=O) groups is 3. The molecule has 0 fully saturated rings. The van der Waals surface area contributed by atoms with Crippen molar-refractivity contribution in [1.82, 2.24) is 15.2 Å². The van der Waals surface area contributed by atoms with Crippen molar-refractivity contribution >= 4 is 40.5 Å². The average molecular weight is 653 g/mol. The molecule has 1 aliphatic carbocycles. The smallest absolute Gasteiger partial charge is 0.349 e. The van der Waals surface area contributed by atoms with Crippen LogP contribution < -0.4 is 21.2 Å². The Morgan fingerprint density at radius 1 is 0.938 bits per heavy atom. The third-order valence-electron chi connectivity index (χ3n) is 9.00. The molecule has 2 aromatic heterocycles. The van der Waals surface area contributed by atoms with Gasteiger partial charge < -0.3 is 24.7 Å². The van der Waals surface area contributed by atoms with Crippen LogP contribution in [0, 0.1) is 13.8 Å². The molecule has 2 N–H and O–H groups in total. The molecule has 10 heteroatoms. The molecule has 0 spiro atoms. The highest BCUT2D eigenvalue weighted by atomic mass is 16.5. The summed E-state index contributed by atoms with van der Waals surface area (Å²) in [6.07, 6.45) is 4.62. The normalized spacial score (nSPS) is 12.3. The molecular formula is C38H44N4O6. The SMILES string of the molecule is CCN(CC)c1ccc2cc(C(=O)NCCCCNC(=O)Cc3c4c(n(C(=O)c5ccc(C)cc5)c3C)CCC(OC)=C4)c(=O)oc2c1. The zero-order valence-corrected chi connectivity index (χ0v) is 28.4. The maximum absolute atomic E-state index is 13.6. The molecule has 252 valence electrons. The lowest BCUT2D eigenvalue weighted by Crippen LogP contribution is -2.30. The Balaban J connectivity index is 1.16. The van der Waals surface area contributed by atoms with Crippen molar-refractivity contribution in [2.75, 3.05) is 38.2 Å². The second-order valence-corrected chi connectivity index (χ2v) is 12.1. The van der Waals surface area contributed by atoms with Gasteiger partial charge in [0.15, 0.2) is 0 Å². The van der Waals surface area contributed by atoms with Crippen molar-refractivity contribution in [3.63, 3.8) is 0 Å². The topological polar surface area (TPSA) is 123 Å². The Labute approximate surface area is 280 Å². The summed E-state index contributed by atoms with van der Waals surface area (Å²) in [5.74, 6) is 0.0614. The Morgan fingerprint density at radius 3 is 2.33 bits per heavy atom. The molecule has 0 bridgehead atoms. The summed E-state index contributed by atoms with van der Waals surface area (Å²) in [4.78, 5) is 54.2. The van der Waals surface area contributed by atoms with Crippen LogP contribution in [-0.4, -0.2) is 55.6 Å². The number of amides is 2. The Bertz CT molecular complexity index is 1910. The van der Waals surface area contributed by atoms with E-state index in [4.69, 9.17) is 9.15 Å². The zero-order valence-electron chi connectivity index (χ0n) is 28.4. The predicted octanol–water partition coefficient (Wildman–Crippen LogP) is 5.55. The van der Waals surface area contributed by atoms with E-state index in [1.807, 2.05) is 62.4 Å². The fraction of sp³-hybridized carbons (Fsp3) is 0.368. The second-order valence-electron chi connectivity index (χ2n) is 12.1. The molecule has 48 heavy (non-hydrogen) atoms. The van der Waals surface area contributed by atoms with E-state index in [-0.39, 0.29) is 23.8 Å². The van der Waals surface area contributed by atoms with E-state index in [1.54, 1.807) is 17.7 Å². The maximum atomic E-state index is 13.6. The fourth-order valence-corrected chi connectivity index (χ4v) is 6.24. The summed E-state index contributed by atoms with van der Waals surface area (Å²) in [5.41, 5.74) is 5.67. The Morgan fingerprint density at radius 2 is 1.65 bits per heavy atom. The Hall–Kier alpha value is -5.12. The van der Waals surface area contributed by atoms with Crippen LogP contribution in [0.25, 0.3) is 17.0 Å². The Kier molecular flexibility index (Phi) is 10.8. The van der Waals surface area contributed by atoms with E-state index in [0.717, 1.165) is 52.6 Å². The number of ether oxygens (including phenoxy) is 1. The summed E-state index contributed by atoms with van der Waals surface area (Å²) >= 11 is 0. The summed E-state index contributed by atoms with van der Waals surface area (Å²) in [6, 6.07) is 14.7. The molecule has 0 radical (unpaired) electrons. The van der Waals surface area contributed by atoms with Gasteiger partial charge in [0.2, 0.25) is 5.91 Å². The second kappa shape index (κ2) is 15.2. The minimum absolute atomic E-state index is 0.0384. The number of anilines is 1. The number of rotatable bonds is 13. The van der Waals surface area contributed by atoms with Gasteiger partial charge in [-0.2, -0.15) is 0 Å². The summed E-state index contributed by atoms with van der Waals surface area (Å²) < 4.78 is 12.8. The van der Waals surface area contributed by atoms with Crippen molar-refractivity contribution in [3.05, 3.63) is 104 Å². The minimum atomic E-state index is -0.677. The van der Waals surface area contributed by atoms with Crippen LogP contribution in [0.2, 0.25) is 0 Å². The van der Waals surface area contributed by atoms with Crippen LogP contribution in [0.4, 0.5) is 5.69 Å². The highest BCUT2D eigenvalue weighted by molar-refractivity contribution is 5.98. The van der Waals surface area contributed by atoms with Crippen molar-refractivity contribution in [2.45, 2.75) is 59.8 Å². The number of nitrogens with zero attached hydrogens (tertiary/aromatic N) is 2. The molecule has 2 aromatic carbocycles. The number of fused-ring (bicyclic) bond motifs is 2. The number of benzene rings is 2. The summed E-state index contributed by atoms with van der Waals surface area (Å²) in [6.45, 7) is 10.4. The first kappa shape index (κ1) is 34.2. The lowest BCUT2D eigenvalue weighted by molar-refractivity contribution is -0.120. The van der Waals surface area contributed by atoms with Gasteiger partial charge in [0.05, 0.1) is 19.3 Å². The standard InChI is InChI=1S/C38H44N4O6/c1-6-41(7-2)28-15-14-27-20-32(38(46)48-34(27)21-28)36(44)40-19-9-8-18-39-35(43)23-30-25(4)42(33-17-16-29(47-5)22-31(30)33)37(45)26-12-10-24(3)11-13-26/h10-15,20-22H,6-9,16-19,23H2,1-5H3,(H,39,43)(H,40,44). The molecule has 10 nitrogen and oxygen atoms in total. The first-order valence-corrected chi connectivity index (χ1v) is 16.6. The van der Waals surface area contributed by atoms with Crippen LogP contribution in [0.5, 0.6) is 0 Å². The third-order valence-corrected chi connectivity index (χ3v) is 9.00. The zero-order chi connectivity index (χ0) is 34.4. The molecule has 0 saturated carbocycles. The van der Waals surface area contributed by atoms with Crippen molar-refractivity contribution in [2.24, 2.45) is 0 Å². The highest BCUT2D eigenvalue weighted by Crippen LogP contribution is 2.33. The molecule has 4 aromatic rings. The number of hydrogen-bond acceptors (Lipinski definition) is 7. The minimum Gasteiger partial charge on any atom is -0.501 e. The van der Waals surface area contributed by atoms with Crippen molar-refractivity contribution in [3.8, 4) is 0 Å². The van der Waals surface area contributed by atoms with Gasteiger partial charge in [0, 0.05) is 72.3 Å². The van der Waals surface area contributed by atoms with E-state index in [9.17, 15) is 19.2 Å². The number of allylic oxidation sites excluding steroid dienone is 1. The number of carbonyl (C=O) groups excluding carboxylic acids is 3. The number of aromatic nitrogens is 1. The first-order valence-electron chi connectivity index (χ1n) is 16.6. The molecule has 2 amide bonds. The van der Waals surface area contributed by atoms with Crippen molar-refractivity contribution in [1.29, 1.82) is 0 Å². The van der Waals surface area contributed by atoms with E-state index >= 15 is 0 Å². The largest absolute Gasteiger partial charge is 0.501 e. The van der Waals surface area contributed by atoms with Gasteiger partial charge in [-0.15, -0.1) is 0 Å². The van der Waals surface area contributed by atoms with Crippen molar-refractivity contribution < 1.29 is 23.5 Å². The van der Waals surface area contributed by atoms with E-state index < -0.39 is 11.5 Å². The average Bonchev–Trinajstić information content (AvgIpc) is 3.35. The number of unbranched alkanes of at least 4 members (excludes halogenated alkanes) is 1. The monoisotopic (exact) mass is 652 g/mol. The van der Waals surface area contributed by atoms with Gasteiger partial charge >= 0.3 is 5.63 Å². The van der Waals surface area contributed by atoms with E-state index in [1.165, 1.54) is 0 Å². The summed E-state index contributed by atoms with van der Waals surface area (Å²) in [5, 5.41) is 6.44. The van der Waals surface area contributed by atoms with E-state index in [2.05, 4.69) is 29.4 Å². The van der Waals surface area contributed by atoms with Gasteiger partial charge in [-0.1, -0.05) is 17.7 Å². The number of nitrogens with one attached hydrogen (secondary N) is 2. The molecule has 0 atom stereocenters. The number of aryl methyl sites for hydroxylation is 1. The fourth-order valence-electron chi connectivity index (χ4n) is 6.24. The third kappa shape index (κ3) is 7.38. The number of methoxy groups -OCH3 is 1. The molecule has 0 unspecified atom stereocenters. The van der Waals surface area contributed by atoms with Gasteiger partial charge in [-0.25, -0.2) is 4.79 Å². The molecule has 1 aliphatic rings. The molecule has 5 rings (SSSR count). The molecule has 0 aliphatic heterocycles. The van der Waals surface area contributed by atoms with Crippen LogP contribution in [0.1, 0.15) is 81.9 Å². The van der Waals surface area contributed by atoms with Gasteiger partial charge in [0.25, 0.3) is 11.8 Å². The van der Waals surface area contributed by atoms with Crippen LogP contribution in [-0.2, 0) is 22.4 Å². The van der Waals surface area contributed by atoms with E-state index in [0.29, 0.717) is 55.3 Å². The maximum Gasteiger partial charge on any atom is 0.349 e. The lowest BCUT2D eigenvalue weighted by Gasteiger charge is -2.21. The van der Waals surface area contributed by atoms with Gasteiger partial charge in [-0.05, 0) is 88.9 Å². The van der Waals surface area contributed by atoms with Crippen LogP contribution in [0.15, 0.2) is 63.5 Å². The lowest BCUT2D eigenvalue weighted by atomic mass is 9.97.